The van der Waals surface area contributed by atoms with Crippen LogP contribution in [0.5, 0.6) is 0 Å². The number of thioether (sulfide) groups is 1. The summed E-state index contributed by atoms with van der Waals surface area (Å²) in [5.41, 5.74) is 7.66. The predicted octanol–water partition coefficient (Wildman–Crippen LogP) is 2.35. The number of rotatable bonds is 7. The van der Waals surface area contributed by atoms with Crippen LogP contribution in [0.15, 0.2) is 0 Å². The normalized spacial score (nSPS) is 10.7. The van der Waals surface area contributed by atoms with Gasteiger partial charge in [0, 0.05) is 13.1 Å². The number of nitrogens with zero attached hydrogens (tertiary/aromatic N) is 2. The van der Waals surface area contributed by atoms with Gasteiger partial charge in [0.25, 0.3) is 0 Å². The topological polar surface area (TPSA) is 55.9 Å². The lowest BCUT2D eigenvalue weighted by Gasteiger charge is -2.08. The first-order chi connectivity index (χ1) is 7.70. The fourth-order valence-electron chi connectivity index (χ4n) is 1.59. The SMILES string of the molecule is CCn1nc(C)c(N)c1NCCCCSC. The Balaban J connectivity index is 2.46. The van der Waals surface area contributed by atoms with E-state index in [-0.39, 0.29) is 0 Å². The standard InChI is InChI=1S/C11H22N4S/c1-4-15-11(10(12)9(2)14-15)13-7-5-6-8-16-3/h13H,4-8,12H2,1-3H3. The minimum Gasteiger partial charge on any atom is -0.394 e. The summed E-state index contributed by atoms with van der Waals surface area (Å²) < 4.78 is 1.93. The van der Waals surface area contributed by atoms with Crippen molar-refractivity contribution in [3.05, 3.63) is 5.69 Å². The Labute approximate surface area is 102 Å². The van der Waals surface area contributed by atoms with Crippen molar-refractivity contribution in [3.8, 4) is 0 Å². The molecule has 0 aromatic carbocycles. The van der Waals surface area contributed by atoms with Gasteiger partial charge in [0.2, 0.25) is 0 Å². The van der Waals surface area contributed by atoms with Crippen LogP contribution in [0.2, 0.25) is 0 Å². The second-order valence-corrected chi connectivity index (χ2v) is 4.78. The molecule has 0 atom stereocenters. The summed E-state index contributed by atoms with van der Waals surface area (Å²) >= 11 is 1.89. The van der Waals surface area contributed by atoms with Gasteiger partial charge in [-0.15, -0.1) is 0 Å². The van der Waals surface area contributed by atoms with Crippen LogP contribution in [0.25, 0.3) is 0 Å². The summed E-state index contributed by atoms with van der Waals surface area (Å²) in [4.78, 5) is 0. The van der Waals surface area contributed by atoms with E-state index in [0.29, 0.717) is 0 Å². The summed E-state index contributed by atoms with van der Waals surface area (Å²) in [6.07, 6.45) is 4.56. The molecular weight excluding hydrogens is 220 g/mol. The van der Waals surface area contributed by atoms with E-state index in [2.05, 4.69) is 23.6 Å². The van der Waals surface area contributed by atoms with Crippen molar-refractivity contribution >= 4 is 23.3 Å². The molecule has 0 aliphatic rings. The molecule has 0 fully saturated rings. The predicted molar refractivity (Wildman–Crippen MR) is 73.2 cm³/mol. The minimum absolute atomic E-state index is 0.784. The first-order valence-corrected chi connectivity index (χ1v) is 7.15. The van der Waals surface area contributed by atoms with Crippen LogP contribution in [-0.4, -0.2) is 28.3 Å². The van der Waals surface area contributed by atoms with E-state index in [0.717, 1.165) is 30.3 Å². The highest BCUT2D eigenvalue weighted by atomic mass is 32.2. The van der Waals surface area contributed by atoms with E-state index >= 15 is 0 Å². The van der Waals surface area contributed by atoms with Gasteiger partial charge in [-0.25, -0.2) is 4.68 Å². The molecule has 0 amide bonds. The van der Waals surface area contributed by atoms with E-state index < -0.39 is 0 Å². The van der Waals surface area contributed by atoms with Gasteiger partial charge < -0.3 is 11.1 Å². The smallest absolute Gasteiger partial charge is 0.148 e. The van der Waals surface area contributed by atoms with Crippen LogP contribution in [0.1, 0.15) is 25.5 Å². The molecule has 0 saturated heterocycles. The van der Waals surface area contributed by atoms with Gasteiger partial charge in [-0.2, -0.15) is 16.9 Å². The number of nitrogens with two attached hydrogens (primary N) is 1. The zero-order valence-electron chi connectivity index (χ0n) is 10.4. The highest BCUT2D eigenvalue weighted by Crippen LogP contribution is 2.21. The minimum atomic E-state index is 0.784. The highest BCUT2D eigenvalue weighted by Gasteiger charge is 2.09. The molecule has 0 radical (unpaired) electrons. The van der Waals surface area contributed by atoms with E-state index in [1.165, 1.54) is 18.6 Å². The van der Waals surface area contributed by atoms with Crippen molar-refractivity contribution in [3.63, 3.8) is 0 Å². The second-order valence-electron chi connectivity index (χ2n) is 3.79. The molecule has 0 aliphatic carbocycles. The van der Waals surface area contributed by atoms with Crippen molar-refractivity contribution in [1.29, 1.82) is 0 Å². The summed E-state index contributed by atoms with van der Waals surface area (Å²) in [7, 11) is 0. The van der Waals surface area contributed by atoms with Crippen molar-refractivity contribution in [2.24, 2.45) is 0 Å². The van der Waals surface area contributed by atoms with Crippen LogP contribution in [0.3, 0.4) is 0 Å². The number of aromatic nitrogens is 2. The summed E-state index contributed by atoms with van der Waals surface area (Å²) in [5.74, 6) is 2.20. The van der Waals surface area contributed by atoms with E-state index in [1.54, 1.807) is 0 Å². The molecule has 0 unspecified atom stereocenters. The number of unbranched alkanes of at least 4 members (excludes halogenated alkanes) is 1. The largest absolute Gasteiger partial charge is 0.394 e. The van der Waals surface area contributed by atoms with Crippen molar-refractivity contribution < 1.29 is 0 Å². The zero-order chi connectivity index (χ0) is 12.0. The summed E-state index contributed by atoms with van der Waals surface area (Å²) in [5, 5.41) is 7.75. The summed E-state index contributed by atoms with van der Waals surface area (Å²) in [6.45, 7) is 5.84. The van der Waals surface area contributed by atoms with Crippen LogP contribution in [-0.2, 0) is 6.54 Å². The zero-order valence-corrected chi connectivity index (χ0v) is 11.2. The Morgan fingerprint density at radius 2 is 2.19 bits per heavy atom. The maximum atomic E-state index is 5.97. The average Bonchev–Trinajstić information content (AvgIpc) is 2.56. The lowest BCUT2D eigenvalue weighted by Crippen LogP contribution is -2.09. The second kappa shape index (κ2) is 6.68. The monoisotopic (exact) mass is 242 g/mol. The molecule has 1 aromatic rings. The number of hydrogen-bond acceptors (Lipinski definition) is 4. The molecular formula is C11H22N4S. The van der Waals surface area contributed by atoms with Gasteiger partial charge in [-0.3, -0.25) is 0 Å². The number of hydrogen-bond donors (Lipinski definition) is 2. The third-order valence-corrected chi connectivity index (χ3v) is 3.24. The summed E-state index contributed by atoms with van der Waals surface area (Å²) in [6, 6.07) is 0. The maximum absolute atomic E-state index is 5.97. The van der Waals surface area contributed by atoms with E-state index in [9.17, 15) is 0 Å². The molecule has 0 saturated carbocycles. The van der Waals surface area contributed by atoms with Gasteiger partial charge >= 0.3 is 0 Å². The lowest BCUT2D eigenvalue weighted by atomic mass is 10.3. The quantitative estimate of drug-likeness (QED) is 0.721. The van der Waals surface area contributed by atoms with Crippen LogP contribution < -0.4 is 11.1 Å². The first-order valence-electron chi connectivity index (χ1n) is 5.76. The molecule has 0 bridgehead atoms. The molecule has 3 N–H and O–H groups in total. The fraction of sp³-hybridized carbons (Fsp3) is 0.727. The van der Waals surface area contributed by atoms with Gasteiger partial charge in [-0.1, -0.05) is 0 Å². The Morgan fingerprint density at radius 3 is 2.81 bits per heavy atom. The molecule has 5 heteroatoms. The molecule has 92 valence electrons. The van der Waals surface area contributed by atoms with Crippen LogP contribution in [0, 0.1) is 6.92 Å². The van der Waals surface area contributed by atoms with Crippen molar-refractivity contribution in [1.82, 2.24) is 9.78 Å². The van der Waals surface area contributed by atoms with E-state index in [1.807, 2.05) is 23.4 Å². The molecule has 1 rings (SSSR count). The van der Waals surface area contributed by atoms with Crippen LogP contribution >= 0.6 is 11.8 Å². The Kier molecular flexibility index (Phi) is 5.52. The van der Waals surface area contributed by atoms with Gasteiger partial charge in [0.1, 0.15) is 5.82 Å². The Bertz CT molecular complexity index is 322. The third-order valence-electron chi connectivity index (χ3n) is 2.54. The molecule has 0 aliphatic heterocycles. The average molecular weight is 242 g/mol. The molecule has 4 nitrogen and oxygen atoms in total. The third kappa shape index (κ3) is 3.33. The molecule has 1 aromatic heterocycles. The Morgan fingerprint density at radius 1 is 1.44 bits per heavy atom. The fourth-order valence-corrected chi connectivity index (χ4v) is 2.08. The number of nitrogens with one attached hydrogen (secondary N) is 1. The number of nitrogen functional groups attached to an aromatic ring is 1. The molecule has 1 heterocycles. The van der Waals surface area contributed by atoms with Crippen molar-refractivity contribution in [2.75, 3.05) is 29.6 Å². The first kappa shape index (κ1) is 13.2. The van der Waals surface area contributed by atoms with Crippen LogP contribution in [0.4, 0.5) is 11.5 Å². The van der Waals surface area contributed by atoms with E-state index in [4.69, 9.17) is 5.73 Å². The van der Waals surface area contributed by atoms with Gasteiger partial charge in [-0.05, 0) is 38.7 Å². The van der Waals surface area contributed by atoms with Gasteiger partial charge in [0.05, 0.1) is 11.4 Å². The number of anilines is 2. The maximum Gasteiger partial charge on any atom is 0.148 e. The molecule has 16 heavy (non-hydrogen) atoms. The van der Waals surface area contributed by atoms with Gasteiger partial charge in [0.15, 0.2) is 0 Å². The Hall–Kier alpha value is -0.840. The van der Waals surface area contributed by atoms with Crippen molar-refractivity contribution in [2.45, 2.75) is 33.2 Å². The highest BCUT2D eigenvalue weighted by molar-refractivity contribution is 7.98. The lowest BCUT2D eigenvalue weighted by molar-refractivity contribution is 0.655. The number of aryl methyl sites for hydroxylation is 2. The molecule has 0 spiro atoms.